The summed E-state index contributed by atoms with van der Waals surface area (Å²) in [6.07, 6.45) is 1.61. The molecule has 0 aromatic heterocycles. The zero-order valence-electron chi connectivity index (χ0n) is 15.9. The van der Waals surface area contributed by atoms with Crippen molar-refractivity contribution in [2.75, 3.05) is 33.4 Å². The third kappa shape index (κ3) is 5.31. The fourth-order valence-corrected chi connectivity index (χ4v) is 3.40. The first kappa shape index (κ1) is 19.4. The molecule has 3 rings (SSSR count). The van der Waals surface area contributed by atoms with Gasteiger partial charge in [-0.25, -0.2) is 0 Å². The number of carbonyl (C=O) groups excluding carboxylic acids is 1. The standard InChI is InChI=1S/C22H28N2O3/c1-26-17-22(12-14-23-16-22)21(25)24-13-11-18-7-9-20(10-8-18)27-15-19-5-3-2-4-6-19/h2-10,23H,11-17H2,1H3,(H,24,25). The van der Waals surface area contributed by atoms with Crippen LogP contribution in [-0.2, 0) is 22.6 Å². The molecule has 5 nitrogen and oxygen atoms in total. The van der Waals surface area contributed by atoms with Gasteiger partial charge in [-0.3, -0.25) is 4.79 Å². The monoisotopic (exact) mass is 368 g/mol. The summed E-state index contributed by atoms with van der Waals surface area (Å²) in [5.41, 5.74) is 1.90. The highest BCUT2D eigenvalue weighted by Crippen LogP contribution is 2.26. The Morgan fingerprint density at radius 3 is 2.56 bits per heavy atom. The van der Waals surface area contributed by atoms with Crippen LogP contribution in [0.3, 0.4) is 0 Å². The van der Waals surface area contributed by atoms with E-state index < -0.39 is 5.41 Å². The normalized spacial score (nSPS) is 19.0. The van der Waals surface area contributed by atoms with Crippen molar-refractivity contribution in [1.29, 1.82) is 0 Å². The Balaban J connectivity index is 1.44. The van der Waals surface area contributed by atoms with Crippen LogP contribution < -0.4 is 15.4 Å². The molecule has 0 radical (unpaired) electrons. The van der Waals surface area contributed by atoms with Gasteiger partial charge in [0.1, 0.15) is 12.4 Å². The van der Waals surface area contributed by atoms with Gasteiger partial charge in [0.05, 0.1) is 12.0 Å². The summed E-state index contributed by atoms with van der Waals surface area (Å²) in [6, 6.07) is 18.2. The second-order valence-corrected chi connectivity index (χ2v) is 7.06. The number of hydrogen-bond donors (Lipinski definition) is 2. The van der Waals surface area contributed by atoms with Crippen molar-refractivity contribution in [1.82, 2.24) is 10.6 Å². The van der Waals surface area contributed by atoms with Crippen LogP contribution >= 0.6 is 0 Å². The quantitative estimate of drug-likeness (QED) is 0.714. The minimum absolute atomic E-state index is 0.0807. The summed E-state index contributed by atoms with van der Waals surface area (Å²) in [4.78, 5) is 12.6. The maximum Gasteiger partial charge on any atom is 0.229 e. The molecular weight excluding hydrogens is 340 g/mol. The molecule has 1 atom stereocenters. The van der Waals surface area contributed by atoms with Crippen LogP contribution in [-0.4, -0.2) is 39.3 Å². The van der Waals surface area contributed by atoms with Crippen molar-refractivity contribution < 1.29 is 14.3 Å². The van der Waals surface area contributed by atoms with Crippen molar-refractivity contribution in [3.8, 4) is 5.75 Å². The van der Waals surface area contributed by atoms with Gasteiger partial charge in [-0.2, -0.15) is 0 Å². The molecule has 1 heterocycles. The molecule has 1 amide bonds. The maximum atomic E-state index is 12.6. The van der Waals surface area contributed by atoms with Gasteiger partial charge in [-0.05, 0) is 42.6 Å². The number of amides is 1. The van der Waals surface area contributed by atoms with Gasteiger partial charge >= 0.3 is 0 Å². The van der Waals surface area contributed by atoms with Gasteiger partial charge in [0, 0.05) is 20.2 Å². The van der Waals surface area contributed by atoms with Gasteiger partial charge in [-0.1, -0.05) is 42.5 Å². The van der Waals surface area contributed by atoms with Gasteiger partial charge < -0.3 is 20.1 Å². The number of hydrogen-bond acceptors (Lipinski definition) is 4. The number of methoxy groups -OCH3 is 1. The van der Waals surface area contributed by atoms with Crippen molar-refractivity contribution in [2.24, 2.45) is 5.41 Å². The molecule has 1 saturated heterocycles. The van der Waals surface area contributed by atoms with Gasteiger partial charge in [0.2, 0.25) is 5.91 Å². The highest BCUT2D eigenvalue weighted by Gasteiger charge is 2.41. The van der Waals surface area contributed by atoms with Gasteiger partial charge in [0.25, 0.3) is 0 Å². The lowest BCUT2D eigenvalue weighted by Gasteiger charge is -2.25. The number of benzene rings is 2. The minimum atomic E-state index is -0.427. The van der Waals surface area contributed by atoms with E-state index in [2.05, 4.69) is 22.8 Å². The summed E-state index contributed by atoms with van der Waals surface area (Å²) in [7, 11) is 1.65. The maximum absolute atomic E-state index is 12.6. The van der Waals surface area contributed by atoms with Crippen molar-refractivity contribution in [2.45, 2.75) is 19.4 Å². The lowest BCUT2D eigenvalue weighted by atomic mass is 9.87. The van der Waals surface area contributed by atoms with Crippen LogP contribution in [0.25, 0.3) is 0 Å². The molecule has 0 spiro atoms. The van der Waals surface area contributed by atoms with E-state index in [1.807, 2.05) is 42.5 Å². The second-order valence-electron chi connectivity index (χ2n) is 7.06. The highest BCUT2D eigenvalue weighted by molar-refractivity contribution is 5.83. The smallest absolute Gasteiger partial charge is 0.229 e. The van der Waals surface area contributed by atoms with E-state index in [0.29, 0.717) is 26.3 Å². The van der Waals surface area contributed by atoms with E-state index in [-0.39, 0.29) is 5.91 Å². The third-order valence-corrected chi connectivity index (χ3v) is 5.02. The number of ether oxygens (including phenoxy) is 2. The molecule has 2 aromatic rings. The fourth-order valence-electron chi connectivity index (χ4n) is 3.40. The van der Waals surface area contributed by atoms with Crippen LogP contribution in [0.15, 0.2) is 54.6 Å². The van der Waals surface area contributed by atoms with E-state index in [9.17, 15) is 4.79 Å². The molecule has 2 N–H and O–H groups in total. The molecule has 5 heteroatoms. The van der Waals surface area contributed by atoms with Crippen molar-refractivity contribution >= 4 is 5.91 Å². The Kier molecular flexibility index (Phi) is 6.85. The van der Waals surface area contributed by atoms with Crippen molar-refractivity contribution in [3.63, 3.8) is 0 Å². The SMILES string of the molecule is COCC1(C(=O)NCCc2ccc(OCc3ccccc3)cc2)CCNC1. The Labute approximate surface area is 161 Å². The number of nitrogens with one attached hydrogen (secondary N) is 2. The second kappa shape index (κ2) is 9.53. The van der Waals surface area contributed by atoms with E-state index >= 15 is 0 Å². The van der Waals surface area contributed by atoms with E-state index in [1.54, 1.807) is 7.11 Å². The fraction of sp³-hybridized carbons (Fsp3) is 0.409. The molecule has 0 aliphatic carbocycles. The molecule has 0 bridgehead atoms. The van der Waals surface area contributed by atoms with Crippen LogP contribution in [0.5, 0.6) is 5.75 Å². The van der Waals surface area contributed by atoms with Crippen LogP contribution in [0.2, 0.25) is 0 Å². The lowest BCUT2D eigenvalue weighted by Crippen LogP contribution is -2.46. The summed E-state index contributed by atoms with van der Waals surface area (Å²) in [5.74, 6) is 0.930. The van der Waals surface area contributed by atoms with Gasteiger partial charge in [0.15, 0.2) is 0 Å². The van der Waals surface area contributed by atoms with E-state index in [4.69, 9.17) is 9.47 Å². The Morgan fingerprint density at radius 2 is 1.89 bits per heavy atom. The van der Waals surface area contributed by atoms with Crippen LogP contribution in [0, 0.1) is 5.41 Å². The number of rotatable bonds is 9. The van der Waals surface area contributed by atoms with E-state index in [1.165, 1.54) is 5.56 Å². The predicted molar refractivity (Wildman–Crippen MR) is 106 cm³/mol. The van der Waals surface area contributed by atoms with Crippen molar-refractivity contribution in [3.05, 3.63) is 65.7 Å². The largest absolute Gasteiger partial charge is 0.489 e. The molecular formula is C22H28N2O3. The molecule has 0 saturated carbocycles. The Bertz CT molecular complexity index is 710. The first-order valence-electron chi connectivity index (χ1n) is 9.45. The lowest BCUT2D eigenvalue weighted by molar-refractivity contribution is -0.132. The zero-order chi connectivity index (χ0) is 19.0. The number of carbonyl (C=O) groups is 1. The minimum Gasteiger partial charge on any atom is -0.489 e. The molecule has 1 unspecified atom stereocenters. The third-order valence-electron chi connectivity index (χ3n) is 5.02. The molecule has 144 valence electrons. The molecule has 1 aliphatic heterocycles. The molecule has 2 aromatic carbocycles. The Hall–Kier alpha value is -2.37. The molecule has 27 heavy (non-hydrogen) atoms. The molecule has 1 aliphatic rings. The zero-order valence-corrected chi connectivity index (χ0v) is 15.9. The highest BCUT2D eigenvalue weighted by atomic mass is 16.5. The average Bonchev–Trinajstić information content (AvgIpc) is 3.18. The summed E-state index contributed by atoms with van der Waals surface area (Å²) in [5, 5.41) is 6.33. The summed E-state index contributed by atoms with van der Waals surface area (Å²) >= 11 is 0. The first-order valence-corrected chi connectivity index (χ1v) is 9.45. The first-order chi connectivity index (χ1) is 13.2. The van der Waals surface area contributed by atoms with Gasteiger partial charge in [-0.15, -0.1) is 0 Å². The van der Waals surface area contributed by atoms with Crippen LogP contribution in [0.1, 0.15) is 17.5 Å². The van der Waals surface area contributed by atoms with E-state index in [0.717, 1.165) is 30.7 Å². The summed E-state index contributed by atoms with van der Waals surface area (Å²) < 4.78 is 11.1. The summed E-state index contributed by atoms with van der Waals surface area (Å²) in [6.45, 7) is 3.18. The Morgan fingerprint density at radius 1 is 1.11 bits per heavy atom. The molecule has 1 fully saturated rings. The predicted octanol–water partition coefficient (Wildman–Crippen LogP) is 2.55. The average molecular weight is 368 g/mol. The topological polar surface area (TPSA) is 59.6 Å². The van der Waals surface area contributed by atoms with Crippen LogP contribution in [0.4, 0.5) is 0 Å².